The summed E-state index contributed by atoms with van der Waals surface area (Å²) in [7, 11) is 0. The first-order valence-electron chi connectivity index (χ1n) is 18.3. The highest BCUT2D eigenvalue weighted by atomic mass is 32.1. The van der Waals surface area contributed by atoms with E-state index in [1.807, 2.05) is 17.4 Å². The topological polar surface area (TPSA) is 29.6 Å². The molecule has 1 unspecified atom stereocenters. The van der Waals surface area contributed by atoms with Crippen LogP contribution in [0.15, 0.2) is 161 Å². The van der Waals surface area contributed by atoms with E-state index in [9.17, 15) is 0 Å². The summed E-state index contributed by atoms with van der Waals surface area (Å²) in [6.07, 6.45) is 7.60. The van der Waals surface area contributed by atoms with Crippen molar-refractivity contribution in [1.82, 2.24) is 4.57 Å². The summed E-state index contributed by atoms with van der Waals surface area (Å²) in [5.41, 5.74) is 10.3. The standard InChI is InChI=1S/C49H45N3S/c1-7-40(33(3)31-32-45-34(4)41-27-18-19-30-46(41)52(45)39-25-16-11-17-26-39)47-35(5)42-28-20-29-43(48(42)53-47)36(6)50-49(38-23-14-10-15-24-38)51-44(8-2)37-21-12-9-13-22-37/h7,9-32,44H,4,8H2,1-3,5-6H3/b33-31+,40-7-,45-32+,50-36?,51-49?. The van der Waals surface area contributed by atoms with Crippen molar-refractivity contribution in [3.63, 3.8) is 0 Å². The molecule has 53 heavy (non-hydrogen) atoms. The number of benzene rings is 5. The van der Waals surface area contributed by atoms with Gasteiger partial charge in [0.25, 0.3) is 0 Å². The van der Waals surface area contributed by atoms with Gasteiger partial charge >= 0.3 is 0 Å². The Hall–Kier alpha value is -5.84. The van der Waals surface area contributed by atoms with Crippen LogP contribution >= 0.6 is 11.3 Å². The van der Waals surface area contributed by atoms with Crippen LogP contribution in [-0.4, -0.2) is 16.1 Å². The maximum atomic E-state index is 5.28. The van der Waals surface area contributed by atoms with E-state index in [-0.39, 0.29) is 6.04 Å². The highest BCUT2D eigenvalue weighted by Gasteiger charge is 2.18. The molecule has 0 radical (unpaired) electrons. The van der Waals surface area contributed by atoms with Crippen molar-refractivity contribution >= 4 is 62.1 Å². The van der Waals surface area contributed by atoms with Gasteiger partial charge in [0.15, 0.2) is 5.84 Å². The average Bonchev–Trinajstić information content (AvgIpc) is 3.69. The SMILES string of the molecule is C=c1\c(=C/C=C(C)/C(=C/C)c2sc3c(C(C)=NC(=NC(CC)c4ccccc4)c4ccccc4)cccc3c2C)n(-c2ccccc2)c2ccccc12. The summed E-state index contributed by atoms with van der Waals surface area (Å²) in [6.45, 7) is 15.4. The van der Waals surface area contributed by atoms with Gasteiger partial charge in [0.2, 0.25) is 0 Å². The molecule has 2 aromatic heterocycles. The number of para-hydroxylation sites is 2. The van der Waals surface area contributed by atoms with E-state index >= 15 is 0 Å². The van der Waals surface area contributed by atoms with Gasteiger partial charge in [-0.05, 0) is 86.1 Å². The fourth-order valence-corrected chi connectivity index (χ4v) is 8.68. The van der Waals surface area contributed by atoms with E-state index in [0.29, 0.717) is 0 Å². The number of hydrogen-bond acceptors (Lipinski definition) is 2. The molecule has 7 rings (SSSR count). The second-order valence-corrected chi connectivity index (χ2v) is 14.4. The molecule has 0 saturated heterocycles. The zero-order valence-electron chi connectivity index (χ0n) is 31.2. The molecule has 262 valence electrons. The minimum absolute atomic E-state index is 0.0200. The van der Waals surface area contributed by atoms with Gasteiger partial charge in [0.1, 0.15) is 0 Å². The Labute approximate surface area is 317 Å². The Morgan fingerprint density at radius 3 is 2.13 bits per heavy atom. The number of hydrogen-bond donors (Lipinski definition) is 0. The maximum absolute atomic E-state index is 5.28. The lowest BCUT2D eigenvalue weighted by molar-refractivity contribution is 0.700. The third-order valence-corrected chi connectivity index (χ3v) is 11.4. The van der Waals surface area contributed by atoms with Crippen molar-refractivity contribution in [3.05, 3.63) is 189 Å². The van der Waals surface area contributed by atoms with Crippen LogP contribution in [0.4, 0.5) is 0 Å². The van der Waals surface area contributed by atoms with Crippen LogP contribution in [0, 0.1) is 6.92 Å². The van der Waals surface area contributed by atoms with Gasteiger partial charge in [-0.15, -0.1) is 11.3 Å². The molecular weight excluding hydrogens is 663 g/mol. The third kappa shape index (κ3) is 7.16. The number of fused-ring (bicyclic) bond motifs is 2. The number of aromatic nitrogens is 1. The monoisotopic (exact) mass is 707 g/mol. The molecular formula is C49H45N3S. The molecule has 0 amide bonds. The van der Waals surface area contributed by atoms with Crippen molar-refractivity contribution in [1.29, 1.82) is 0 Å². The van der Waals surface area contributed by atoms with Crippen LogP contribution in [0.25, 0.3) is 44.9 Å². The minimum Gasteiger partial charge on any atom is -0.309 e. The number of rotatable bonds is 9. The van der Waals surface area contributed by atoms with Crippen LogP contribution in [0.2, 0.25) is 0 Å². The van der Waals surface area contributed by atoms with E-state index in [4.69, 9.17) is 9.98 Å². The molecule has 0 spiro atoms. The minimum atomic E-state index is 0.0200. The zero-order valence-corrected chi connectivity index (χ0v) is 32.0. The second-order valence-electron chi connectivity index (χ2n) is 13.4. The summed E-state index contributed by atoms with van der Waals surface area (Å²) in [4.78, 5) is 11.8. The Morgan fingerprint density at radius 2 is 1.43 bits per heavy atom. The number of allylic oxidation sites excluding steroid dienone is 4. The highest BCUT2D eigenvalue weighted by molar-refractivity contribution is 7.20. The number of aliphatic imine (C=N–C) groups is 2. The first-order chi connectivity index (χ1) is 25.9. The molecule has 0 aliphatic carbocycles. The van der Waals surface area contributed by atoms with Crippen LogP contribution in [0.5, 0.6) is 0 Å². The van der Waals surface area contributed by atoms with Crippen molar-refractivity contribution in [2.24, 2.45) is 9.98 Å². The van der Waals surface area contributed by atoms with Crippen LogP contribution in [0.1, 0.15) is 67.3 Å². The quantitative estimate of drug-likeness (QED) is 0.0812. The molecule has 4 heteroatoms. The summed E-state index contributed by atoms with van der Waals surface area (Å²) in [5.74, 6) is 0.755. The van der Waals surface area contributed by atoms with Crippen molar-refractivity contribution in [3.8, 4) is 5.69 Å². The first kappa shape index (κ1) is 35.6. The lowest BCUT2D eigenvalue weighted by atomic mass is 10.00. The molecule has 2 heterocycles. The summed E-state index contributed by atoms with van der Waals surface area (Å²) >= 11 is 1.85. The van der Waals surface area contributed by atoms with E-state index in [1.165, 1.54) is 37.2 Å². The van der Waals surface area contributed by atoms with E-state index in [1.54, 1.807) is 0 Å². The predicted octanol–water partition coefficient (Wildman–Crippen LogP) is 11.8. The largest absolute Gasteiger partial charge is 0.309 e. The van der Waals surface area contributed by atoms with Crippen molar-refractivity contribution in [2.45, 2.75) is 47.1 Å². The molecule has 0 saturated carbocycles. The number of nitrogens with zero attached hydrogens (tertiary/aromatic N) is 3. The molecule has 7 aromatic rings. The van der Waals surface area contributed by atoms with Crippen molar-refractivity contribution in [2.75, 3.05) is 0 Å². The number of thiophene rings is 1. The van der Waals surface area contributed by atoms with Gasteiger partial charge < -0.3 is 4.57 Å². The normalized spacial score (nSPS) is 14.0. The summed E-state index contributed by atoms with van der Waals surface area (Å²) in [6, 6.07) is 46.5. The summed E-state index contributed by atoms with van der Waals surface area (Å²) in [5, 5.41) is 4.53. The lowest BCUT2D eigenvalue weighted by Crippen LogP contribution is -2.27. The fourth-order valence-electron chi connectivity index (χ4n) is 7.17. The fraction of sp³-hybridized carbons (Fsp3) is 0.143. The van der Waals surface area contributed by atoms with Crippen LogP contribution < -0.4 is 10.6 Å². The predicted molar refractivity (Wildman–Crippen MR) is 231 cm³/mol. The first-order valence-corrected chi connectivity index (χ1v) is 19.2. The third-order valence-electron chi connectivity index (χ3n) is 9.99. The average molecular weight is 708 g/mol. The smallest absolute Gasteiger partial charge is 0.155 e. The Balaban J connectivity index is 1.30. The molecule has 0 aliphatic heterocycles. The highest BCUT2D eigenvalue weighted by Crippen LogP contribution is 2.40. The van der Waals surface area contributed by atoms with E-state index in [0.717, 1.165) is 56.3 Å². The molecule has 0 bridgehead atoms. The molecule has 1 atom stereocenters. The van der Waals surface area contributed by atoms with Gasteiger partial charge in [-0.1, -0.05) is 141 Å². The molecule has 5 aromatic carbocycles. The second kappa shape index (κ2) is 15.8. The van der Waals surface area contributed by atoms with Gasteiger partial charge in [-0.2, -0.15) is 0 Å². The van der Waals surface area contributed by atoms with Gasteiger partial charge in [-0.25, -0.2) is 4.99 Å². The number of amidine groups is 1. The van der Waals surface area contributed by atoms with Crippen LogP contribution in [0.3, 0.4) is 0 Å². The Morgan fingerprint density at radius 1 is 0.792 bits per heavy atom. The molecule has 0 N–H and O–H groups in total. The molecule has 0 fully saturated rings. The number of aryl methyl sites for hydroxylation is 1. The van der Waals surface area contributed by atoms with Gasteiger partial charge in [0, 0.05) is 42.7 Å². The van der Waals surface area contributed by atoms with Gasteiger partial charge in [-0.3, -0.25) is 4.99 Å². The van der Waals surface area contributed by atoms with E-state index in [2.05, 4.69) is 191 Å². The van der Waals surface area contributed by atoms with Crippen molar-refractivity contribution < 1.29 is 0 Å². The lowest BCUT2D eigenvalue weighted by Gasteiger charge is -2.13. The zero-order chi connectivity index (χ0) is 36.9. The van der Waals surface area contributed by atoms with Crippen LogP contribution in [-0.2, 0) is 0 Å². The van der Waals surface area contributed by atoms with Gasteiger partial charge in [0.05, 0.1) is 16.9 Å². The Kier molecular flexibility index (Phi) is 10.6. The Bertz CT molecular complexity index is 2640. The maximum Gasteiger partial charge on any atom is 0.155 e. The summed E-state index contributed by atoms with van der Waals surface area (Å²) < 4.78 is 3.55. The molecule has 3 nitrogen and oxygen atoms in total. The van der Waals surface area contributed by atoms with E-state index < -0.39 is 0 Å². The molecule has 0 aliphatic rings.